The highest BCUT2D eigenvalue weighted by Gasteiger charge is 2.33. The number of ketones is 2. The number of benzene rings is 2. The number of phenolic OH excluding ortho intramolecular Hbond substituents is 1. The van der Waals surface area contributed by atoms with Gasteiger partial charge in [0, 0.05) is 16.7 Å². The molecule has 1 aliphatic carbocycles. The van der Waals surface area contributed by atoms with Crippen molar-refractivity contribution in [1.82, 2.24) is 0 Å². The first-order chi connectivity index (χ1) is 10.1. The zero-order valence-corrected chi connectivity index (χ0v) is 11.5. The quantitative estimate of drug-likeness (QED) is 0.781. The number of methoxy groups -OCH3 is 2. The van der Waals surface area contributed by atoms with Crippen LogP contribution in [0.5, 0.6) is 17.2 Å². The second-order valence-corrected chi connectivity index (χ2v) is 4.61. The summed E-state index contributed by atoms with van der Waals surface area (Å²) >= 11 is 0. The van der Waals surface area contributed by atoms with Gasteiger partial charge in [-0.25, -0.2) is 0 Å². The van der Waals surface area contributed by atoms with E-state index in [9.17, 15) is 14.7 Å². The van der Waals surface area contributed by atoms with Crippen LogP contribution in [0.15, 0.2) is 30.3 Å². The molecule has 0 amide bonds. The minimum Gasteiger partial charge on any atom is -0.504 e. The smallest absolute Gasteiger partial charge is 0.198 e. The molecule has 0 heterocycles. The van der Waals surface area contributed by atoms with E-state index in [4.69, 9.17) is 9.47 Å². The fourth-order valence-corrected chi connectivity index (χ4v) is 2.47. The fraction of sp³-hybridized carbons (Fsp3) is 0.125. The lowest BCUT2D eigenvalue weighted by Crippen LogP contribution is -2.21. The molecular formula is C16H12O5. The summed E-state index contributed by atoms with van der Waals surface area (Å²) in [5.41, 5.74) is 0.671. The Bertz CT molecular complexity index is 776. The molecule has 0 spiro atoms. The van der Waals surface area contributed by atoms with Gasteiger partial charge < -0.3 is 14.6 Å². The van der Waals surface area contributed by atoms with Crippen molar-refractivity contribution in [2.45, 2.75) is 0 Å². The van der Waals surface area contributed by atoms with Crippen molar-refractivity contribution in [2.24, 2.45) is 0 Å². The van der Waals surface area contributed by atoms with E-state index >= 15 is 0 Å². The number of phenols is 1. The van der Waals surface area contributed by atoms with E-state index in [2.05, 4.69) is 0 Å². The lowest BCUT2D eigenvalue weighted by atomic mass is 9.83. The van der Waals surface area contributed by atoms with Crippen LogP contribution in [0.25, 0.3) is 0 Å². The highest BCUT2D eigenvalue weighted by molar-refractivity contribution is 6.29. The first kappa shape index (κ1) is 13.2. The predicted octanol–water partition coefficient (Wildman–Crippen LogP) is 2.18. The fourth-order valence-electron chi connectivity index (χ4n) is 2.47. The maximum Gasteiger partial charge on any atom is 0.198 e. The Morgan fingerprint density at radius 1 is 0.857 bits per heavy atom. The number of hydrogen-bond donors (Lipinski definition) is 1. The topological polar surface area (TPSA) is 72.8 Å². The Labute approximate surface area is 120 Å². The van der Waals surface area contributed by atoms with Gasteiger partial charge in [-0.05, 0) is 30.3 Å². The summed E-state index contributed by atoms with van der Waals surface area (Å²) in [6, 6.07) is 7.60. The minimum atomic E-state index is -0.404. The van der Waals surface area contributed by atoms with Crippen LogP contribution in [0.4, 0.5) is 0 Å². The van der Waals surface area contributed by atoms with E-state index in [1.165, 1.54) is 38.5 Å². The molecule has 2 aromatic carbocycles. The third kappa shape index (κ3) is 1.78. The molecular weight excluding hydrogens is 272 g/mol. The van der Waals surface area contributed by atoms with Crippen LogP contribution in [-0.2, 0) is 0 Å². The zero-order valence-electron chi connectivity index (χ0n) is 11.5. The molecule has 5 nitrogen and oxygen atoms in total. The first-order valence-corrected chi connectivity index (χ1v) is 6.26. The lowest BCUT2D eigenvalue weighted by Gasteiger charge is -2.19. The van der Waals surface area contributed by atoms with E-state index in [1.54, 1.807) is 6.07 Å². The van der Waals surface area contributed by atoms with E-state index < -0.39 is 5.78 Å². The number of ether oxygens (including phenoxy) is 2. The molecule has 0 saturated carbocycles. The summed E-state index contributed by atoms with van der Waals surface area (Å²) in [5.74, 6) is -0.382. The number of carbonyl (C=O) groups is 2. The lowest BCUT2D eigenvalue weighted by molar-refractivity contribution is 0.0976. The third-order valence-electron chi connectivity index (χ3n) is 3.55. The monoisotopic (exact) mass is 284 g/mol. The molecule has 5 heteroatoms. The molecule has 0 unspecified atom stereocenters. The van der Waals surface area contributed by atoms with Gasteiger partial charge in [0.1, 0.15) is 5.75 Å². The molecule has 106 valence electrons. The molecule has 1 aliphatic rings. The van der Waals surface area contributed by atoms with Gasteiger partial charge in [0.25, 0.3) is 0 Å². The Kier molecular flexibility index (Phi) is 2.90. The number of hydrogen-bond acceptors (Lipinski definition) is 5. The molecule has 2 aromatic rings. The van der Waals surface area contributed by atoms with Crippen molar-refractivity contribution >= 4 is 11.6 Å². The molecule has 0 atom stereocenters. The Morgan fingerprint density at radius 2 is 1.57 bits per heavy atom. The summed E-state index contributed by atoms with van der Waals surface area (Å²) < 4.78 is 10.1. The molecule has 21 heavy (non-hydrogen) atoms. The molecule has 1 N–H and O–H groups in total. The Balaban J connectivity index is 2.27. The number of fused-ring (bicyclic) bond motifs is 2. The second-order valence-electron chi connectivity index (χ2n) is 4.61. The predicted molar refractivity (Wildman–Crippen MR) is 74.5 cm³/mol. The second kappa shape index (κ2) is 4.63. The standard InChI is InChI=1S/C16H12O5/c1-20-8-3-4-9-11(7-8)14(17)10-5-6-12(21-2)16(19)13(10)15(9)18/h3-7,19H,1-2H3. The van der Waals surface area contributed by atoms with Gasteiger partial charge in [-0.15, -0.1) is 0 Å². The number of rotatable bonds is 2. The van der Waals surface area contributed by atoms with Crippen LogP contribution in [0.3, 0.4) is 0 Å². The van der Waals surface area contributed by atoms with Gasteiger partial charge in [0.05, 0.1) is 19.8 Å². The normalized spacial score (nSPS) is 12.7. The van der Waals surface area contributed by atoms with Crippen LogP contribution in [0.1, 0.15) is 31.8 Å². The number of aromatic hydroxyl groups is 1. The van der Waals surface area contributed by atoms with E-state index in [-0.39, 0.29) is 39.5 Å². The summed E-state index contributed by atoms with van der Waals surface area (Å²) in [6.07, 6.45) is 0. The van der Waals surface area contributed by atoms with E-state index in [0.717, 1.165) is 0 Å². The third-order valence-corrected chi connectivity index (χ3v) is 3.55. The van der Waals surface area contributed by atoms with Crippen LogP contribution >= 0.6 is 0 Å². The van der Waals surface area contributed by atoms with Crippen molar-refractivity contribution in [3.05, 3.63) is 52.6 Å². The zero-order chi connectivity index (χ0) is 15.1. The Hall–Kier alpha value is -2.82. The van der Waals surface area contributed by atoms with Crippen molar-refractivity contribution in [3.63, 3.8) is 0 Å². The van der Waals surface area contributed by atoms with E-state index in [1.807, 2.05) is 0 Å². The summed E-state index contributed by atoms with van der Waals surface area (Å²) in [7, 11) is 2.87. The summed E-state index contributed by atoms with van der Waals surface area (Å²) in [4.78, 5) is 25.0. The summed E-state index contributed by atoms with van der Waals surface area (Å²) in [6.45, 7) is 0. The van der Waals surface area contributed by atoms with Gasteiger partial charge in [-0.2, -0.15) is 0 Å². The molecule has 0 fully saturated rings. The van der Waals surface area contributed by atoms with Crippen LogP contribution in [-0.4, -0.2) is 30.9 Å². The van der Waals surface area contributed by atoms with Gasteiger partial charge >= 0.3 is 0 Å². The minimum absolute atomic E-state index is 0.0167. The van der Waals surface area contributed by atoms with Gasteiger partial charge in [-0.3, -0.25) is 9.59 Å². The molecule has 0 aliphatic heterocycles. The largest absolute Gasteiger partial charge is 0.504 e. The molecule has 0 saturated heterocycles. The average molecular weight is 284 g/mol. The van der Waals surface area contributed by atoms with Gasteiger partial charge in [-0.1, -0.05) is 0 Å². The van der Waals surface area contributed by atoms with Crippen molar-refractivity contribution < 1.29 is 24.2 Å². The highest BCUT2D eigenvalue weighted by Crippen LogP contribution is 2.39. The van der Waals surface area contributed by atoms with Crippen molar-refractivity contribution in [3.8, 4) is 17.2 Å². The van der Waals surface area contributed by atoms with Crippen LogP contribution in [0.2, 0.25) is 0 Å². The van der Waals surface area contributed by atoms with Gasteiger partial charge in [0.15, 0.2) is 23.1 Å². The molecule has 0 radical (unpaired) electrons. The SMILES string of the molecule is COc1ccc2c(c1)C(=O)c1ccc(OC)c(O)c1C2=O. The Morgan fingerprint density at radius 3 is 2.24 bits per heavy atom. The van der Waals surface area contributed by atoms with E-state index in [0.29, 0.717) is 5.75 Å². The number of carbonyl (C=O) groups excluding carboxylic acids is 2. The van der Waals surface area contributed by atoms with Crippen molar-refractivity contribution in [2.75, 3.05) is 14.2 Å². The first-order valence-electron chi connectivity index (χ1n) is 6.26. The summed E-state index contributed by atoms with van der Waals surface area (Å²) in [5, 5.41) is 10.1. The van der Waals surface area contributed by atoms with Crippen LogP contribution in [0, 0.1) is 0 Å². The molecule has 0 bridgehead atoms. The van der Waals surface area contributed by atoms with Gasteiger partial charge in [0.2, 0.25) is 0 Å². The maximum atomic E-state index is 12.5. The van der Waals surface area contributed by atoms with Crippen molar-refractivity contribution in [1.29, 1.82) is 0 Å². The maximum absolute atomic E-state index is 12.5. The molecule has 0 aromatic heterocycles. The highest BCUT2D eigenvalue weighted by atomic mass is 16.5. The molecule has 3 rings (SSSR count). The average Bonchev–Trinajstić information content (AvgIpc) is 2.51. The van der Waals surface area contributed by atoms with Crippen LogP contribution < -0.4 is 9.47 Å².